The Kier molecular flexibility index (Phi) is 3.85. The highest BCUT2D eigenvalue weighted by atomic mass is 16.2. The van der Waals surface area contributed by atoms with Crippen molar-refractivity contribution in [1.29, 1.82) is 0 Å². The van der Waals surface area contributed by atoms with Crippen molar-refractivity contribution >= 4 is 11.8 Å². The third-order valence-electron chi connectivity index (χ3n) is 4.38. The molecule has 2 N–H and O–H groups in total. The van der Waals surface area contributed by atoms with Crippen LogP contribution in [-0.2, 0) is 0 Å². The number of nitrogens with one attached hydrogen (secondary N) is 2. The summed E-state index contributed by atoms with van der Waals surface area (Å²) in [6, 6.07) is 3.76. The Morgan fingerprint density at radius 1 is 1.15 bits per heavy atom. The molecular formula is C15H22N4O. The predicted octanol–water partition coefficient (Wildman–Crippen LogP) is 2.88. The standard InChI is InChI=1S/C15H22N4O/c1-10-5-8-14(19-18-10)17-15(20)16-13-4-2-3-12(9-13)11-6-7-11/h5,8,11-13H,2-4,6-7,9H2,1H3,(H2,16,17,19,20)/t12-,13+/m0/s1. The predicted molar refractivity (Wildman–Crippen MR) is 77.4 cm³/mol. The molecule has 0 spiro atoms. The van der Waals surface area contributed by atoms with Crippen LogP contribution < -0.4 is 10.6 Å². The summed E-state index contributed by atoms with van der Waals surface area (Å²) in [5.41, 5.74) is 0.843. The van der Waals surface area contributed by atoms with Crippen molar-refractivity contribution < 1.29 is 4.79 Å². The Morgan fingerprint density at radius 2 is 2.00 bits per heavy atom. The van der Waals surface area contributed by atoms with Gasteiger partial charge in [0.1, 0.15) is 0 Å². The lowest BCUT2D eigenvalue weighted by molar-refractivity contribution is 0.230. The van der Waals surface area contributed by atoms with Crippen LogP contribution in [0.15, 0.2) is 12.1 Å². The van der Waals surface area contributed by atoms with Gasteiger partial charge in [0.25, 0.3) is 0 Å². The Balaban J connectivity index is 1.49. The first-order valence-corrected chi connectivity index (χ1v) is 7.58. The van der Waals surface area contributed by atoms with Crippen LogP contribution in [0.4, 0.5) is 10.6 Å². The average Bonchev–Trinajstić information content (AvgIpc) is 3.26. The topological polar surface area (TPSA) is 66.9 Å². The Hall–Kier alpha value is -1.65. The molecule has 0 radical (unpaired) electrons. The summed E-state index contributed by atoms with van der Waals surface area (Å²) in [6.45, 7) is 1.87. The largest absolute Gasteiger partial charge is 0.335 e. The lowest BCUT2D eigenvalue weighted by atomic mass is 9.83. The van der Waals surface area contributed by atoms with E-state index >= 15 is 0 Å². The van der Waals surface area contributed by atoms with Crippen LogP contribution in [0.25, 0.3) is 0 Å². The second-order valence-electron chi connectivity index (χ2n) is 6.12. The minimum absolute atomic E-state index is 0.162. The Morgan fingerprint density at radius 3 is 2.70 bits per heavy atom. The lowest BCUT2D eigenvalue weighted by Gasteiger charge is -2.29. The molecule has 2 aliphatic rings. The van der Waals surface area contributed by atoms with Crippen molar-refractivity contribution in [2.24, 2.45) is 11.8 Å². The Bertz CT molecular complexity index is 469. The summed E-state index contributed by atoms with van der Waals surface area (Å²) in [6.07, 6.45) is 7.59. The number of urea groups is 1. The molecule has 20 heavy (non-hydrogen) atoms. The molecule has 2 saturated carbocycles. The van der Waals surface area contributed by atoms with Crippen LogP contribution in [-0.4, -0.2) is 22.3 Å². The zero-order chi connectivity index (χ0) is 13.9. The summed E-state index contributed by atoms with van der Waals surface area (Å²) in [7, 11) is 0. The molecule has 0 bridgehead atoms. The number of amides is 2. The minimum atomic E-state index is -0.162. The summed E-state index contributed by atoms with van der Waals surface area (Å²) in [5, 5.41) is 13.7. The molecule has 1 aromatic heterocycles. The number of hydrogen-bond acceptors (Lipinski definition) is 3. The molecule has 108 valence electrons. The summed E-state index contributed by atoms with van der Waals surface area (Å²) < 4.78 is 0. The normalized spacial score (nSPS) is 26.1. The Labute approximate surface area is 119 Å². The van der Waals surface area contributed by atoms with Crippen molar-refractivity contribution in [3.8, 4) is 0 Å². The van der Waals surface area contributed by atoms with E-state index in [1.54, 1.807) is 6.07 Å². The van der Waals surface area contributed by atoms with Crippen molar-refractivity contribution in [3.05, 3.63) is 17.8 Å². The molecule has 1 heterocycles. The summed E-state index contributed by atoms with van der Waals surface area (Å²) in [5.74, 6) is 2.27. The third kappa shape index (κ3) is 3.46. The van der Waals surface area contributed by atoms with Gasteiger partial charge in [-0.25, -0.2) is 4.79 Å². The molecule has 0 aromatic carbocycles. The van der Waals surface area contributed by atoms with Crippen LogP contribution in [0, 0.1) is 18.8 Å². The zero-order valence-corrected chi connectivity index (χ0v) is 11.9. The highest BCUT2D eigenvalue weighted by Gasteiger charge is 2.35. The second-order valence-corrected chi connectivity index (χ2v) is 6.12. The second kappa shape index (κ2) is 5.77. The molecule has 2 amide bonds. The molecule has 1 aromatic rings. The van der Waals surface area contributed by atoms with E-state index in [-0.39, 0.29) is 6.03 Å². The zero-order valence-electron chi connectivity index (χ0n) is 11.9. The maximum atomic E-state index is 12.0. The molecule has 2 atom stereocenters. The lowest BCUT2D eigenvalue weighted by Crippen LogP contribution is -2.41. The molecule has 2 fully saturated rings. The third-order valence-corrected chi connectivity index (χ3v) is 4.38. The highest BCUT2D eigenvalue weighted by molar-refractivity contribution is 5.88. The fraction of sp³-hybridized carbons (Fsp3) is 0.667. The number of hydrogen-bond donors (Lipinski definition) is 2. The van der Waals surface area contributed by atoms with E-state index in [0.717, 1.165) is 30.4 Å². The quantitative estimate of drug-likeness (QED) is 0.890. The molecule has 0 saturated heterocycles. The first-order valence-electron chi connectivity index (χ1n) is 7.58. The molecule has 5 heteroatoms. The van der Waals surface area contributed by atoms with Gasteiger partial charge < -0.3 is 5.32 Å². The van der Waals surface area contributed by atoms with Gasteiger partial charge in [0.2, 0.25) is 0 Å². The van der Waals surface area contributed by atoms with E-state index in [9.17, 15) is 4.79 Å². The van der Waals surface area contributed by atoms with Gasteiger partial charge in [-0.3, -0.25) is 5.32 Å². The number of carbonyl (C=O) groups excluding carboxylic acids is 1. The van der Waals surface area contributed by atoms with Gasteiger partial charge in [0, 0.05) is 6.04 Å². The molecule has 0 aliphatic heterocycles. The smallest absolute Gasteiger partial charge is 0.320 e. The van der Waals surface area contributed by atoms with Gasteiger partial charge in [0.05, 0.1) is 5.69 Å². The fourth-order valence-electron chi connectivity index (χ4n) is 3.16. The number of carbonyl (C=O) groups is 1. The van der Waals surface area contributed by atoms with E-state index in [1.807, 2.05) is 13.0 Å². The van der Waals surface area contributed by atoms with Crippen molar-refractivity contribution in [2.75, 3.05) is 5.32 Å². The van der Waals surface area contributed by atoms with Crippen molar-refractivity contribution in [3.63, 3.8) is 0 Å². The first kappa shape index (κ1) is 13.3. The van der Waals surface area contributed by atoms with Crippen LogP contribution >= 0.6 is 0 Å². The number of anilines is 1. The maximum Gasteiger partial charge on any atom is 0.320 e. The van der Waals surface area contributed by atoms with E-state index in [4.69, 9.17) is 0 Å². The van der Waals surface area contributed by atoms with E-state index < -0.39 is 0 Å². The average molecular weight is 274 g/mol. The summed E-state index contributed by atoms with van der Waals surface area (Å²) in [4.78, 5) is 12.0. The number of aromatic nitrogens is 2. The minimum Gasteiger partial charge on any atom is -0.335 e. The van der Waals surface area contributed by atoms with Crippen LogP contribution in [0.2, 0.25) is 0 Å². The molecule has 0 unspecified atom stereocenters. The van der Waals surface area contributed by atoms with Crippen LogP contribution in [0.5, 0.6) is 0 Å². The fourth-order valence-corrected chi connectivity index (χ4v) is 3.16. The maximum absolute atomic E-state index is 12.0. The number of rotatable bonds is 3. The van der Waals surface area contributed by atoms with E-state index in [0.29, 0.717) is 11.9 Å². The SMILES string of the molecule is Cc1ccc(NC(=O)N[C@@H]2CCC[C@H](C3CC3)C2)nn1. The molecule has 5 nitrogen and oxygen atoms in total. The van der Waals surface area contributed by atoms with Gasteiger partial charge in [-0.05, 0) is 56.6 Å². The summed E-state index contributed by atoms with van der Waals surface area (Å²) >= 11 is 0. The van der Waals surface area contributed by atoms with Gasteiger partial charge in [-0.1, -0.05) is 12.8 Å². The van der Waals surface area contributed by atoms with Gasteiger partial charge >= 0.3 is 6.03 Å². The molecule has 2 aliphatic carbocycles. The van der Waals surface area contributed by atoms with E-state index in [1.165, 1.54) is 25.7 Å². The van der Waals surface area contributed by atoms with E-state index in [2.05, 4.69) is 20.8 Å². The van der Waals surface area contributed by atoms with Crippen molar-refractivity contribution in [1.82, 2.24) is 15.5 Å². The monoisotopic (exact) mass is 274 g/mol. The first-order chi connectivity index (χ1) is 9.70. The van der Waals surface area contributed by atoms with Gasteiger partial charge in [-0.15, -0.1) is 5.10 Å². The number of nitrogens with zero attached hydrogens (tertiary/aromatic N) is 2. The molecular weight excluding hydrogens is 252 g/mol. The molecule has 3 rings (SSSR count). The van der Waals surface area contributed by atoms with Gasteiger partial charge in [-0.2, -0.15) is 5.10 Å². The number of aryl methyl sites for hydroxylation is 1. The highest BCUT2D eigenvalue weighted by Crippen LogP contribution is 2.43. The van der Waals surface area contributed by atoms with Crippen molar-refractivity contribution in [2.45, 2.75) is 51.5 Å². The van der Waals surface area contributed by atoms with Gasteiger partial charge in [0.15, 0.2) is 5.82 Å². The van der Waals surface area contributed by atoms with Crippen LogP contribution in [0.1, 0.15) is 44.2 Å². The van der Waals surface area contributed by atoms with Crippen LogP contribution in [0.3, 0.4) is 0 Å².